The standard InChI is InChI=1S/C17H20F2N2O4/c1-2-24-17(23)21-11-9-20(10-12-21)15(22)8-7-13-5-3-4-6-14(13)25-16(18)19/h3-8,16H,2,9-12H2,1H3/b8-7+. The van der Waals surface area contributed by atoms with E-state index in [9.17, 15) is 18.4 Å². The molecule has 1 aromatic rings. The zero-order valence-electron chi connectivity index (χ0n) is 13.9. The third-order valence-electron chi connectivity index (χ3n) is 3.66. The van der Waals surface area contributed by atoms with Gasteiger partial charge in [-0.25, -0.2) is 4.79 Å². The number of rotatable bonds is 5. The smallest absolute Gasteiger partial charge is 0.409 e. The highest BCUT2D eigenvalue weighted by Crippen LogP contribution is 2.21. The lowest BCUT2D eigenvalue weighted by molar-refractivity contribution is -0.127. The minimum Gasteiger partial charge on any atom is -0.450 e. The first-order valence-electron chi connectivity index (χ1n) is 7.93. The highest BCUT2D eigenvalue weighted by Gasteiger charge is 2.23. The number of carbonyl (C=O) groups is 2. The fraction of sp³-hybridized carbons (Fsp3) is 0.412. The van der Waals surface area contributed by atoms with Crippen LogP contribution in [0.25, 0.3) is 6.08 Å². The second-order valence-corrected chi connectivity index (χ2v) is 5.26. The summed E-state index contributed by atoms with van der Waals surface area (Å²) in [7, 11) is 0. The van der Waals surface area contributed by atoms with Gasteiger partial charge in [0, 0.05) is 37.8 Å². The van der Waals surface area contributed by atoms with Crippen LogP contribution in [0.1, 0.15) is 12.5 Å². The molecule has 0 aliphatic carbocycles. The molecule has 8 heteroatoms. The molecule has 0 radical (unpaired) electrons. The summed E-state index contributed by atoms with van der Waals surface area (Å²) in [6.07, 6.45) is 2.37. The Labute approximate surface area is 144 Å². The van der Waals surface area contributed by atoms with Gasteiger partial charge >= 0.3 is 12.7 Å². The van der Waals surface area contributed by atoms with Crippen LogP contribution in [0, 0.1) is 0 Å². The number of ether oxygens (including phenoxy) is 2. The summed E-state index contributed by atoms with van der Waals surface area (Å²) >= 11 is 0. The first kappa shape index (κ1) is 18.7. The highest BCUT2D eigenvalue weighted by atomic mass is 19.3. The van der Waals surface area contributed by atoms with E-state index in [-0.39, 0.29) is 17.7 Å². The third-order valence-corrected chi connectivity index (χ3v) is 3.66. The van der Waals surface area contributed by atoms with Gasteiger partial charge in [-0.15, -0.1) is 0 Å². The minimum atomic E-state index is -2.93. The third kappa shape index (κ3) is 5.44. The monoisotopic (exact) mass is 354 g/mol. The van der Waals surface area contributed by atoms with Crippen molar-refractivity contribution in [2.45, 2.75) is 13.5 Å². The number of hydrogen-bond acceptors (Lipinski definition) is 4. The molecule has 1 heterocycles. The zero-order chi connectivity index (χ0) is 18.2. The molecule has 1 aliphatic rings. The maximum Gasteiger partial charge on any atom is 0.409 e. The number of benzene rings is 1. The van der Waals surface area contributed by atoms with Crippen molar-refractivity contribution in [3.8, 4) is 5.75 Å². The molecule has 136 valence electrons. The summed E-state index contributed by atoms with van der Waals surface area (Å²) in [5.41, 5.74) is 0.390. The zero-order valence-corrected chi connectivity index (χ0v) is 13.9. The van der Waals surface area contributed by atoms with E-state index in [2.05, 4.69) is 4.74 Å². The molecule has 0 unspecified atom stereocenters. The topological polar surface area (TPSA) is 59.1 Å². The number of piperazine rings is 1. The normalized spacial score (nSPS) is 14.9. The van der Waals surface area contributed by atoms with Gasteiger partial charge in [-0.1, -0.05) is 18.2 Å². The van der Waals surface area contributed by atoms with E-state index >= 15 is 0 Å². The summed E-state index contributed by atoms with van der Waals surface area (Å²) in [5, 5.41) is 0. The van der Waals surface area contributed by atoms with E-state index < -0.39 is 6.61 Å². The van der Waals surface area contributed by atoms with Gasteiger partial charge in [0.2, 0.25) is 5.91 Å². The van der Waals surface area contributed by atoms with Crippen LogP contribution in [0.2, 0.25) is 0 Å². The molecule has 2 amide bonds. The average Bonchev–Trinajstić information content (AvgIpc) is 2.60. The number of carbonyl (C=O) groups excluding carboxylic acids is 2. The summed E-state index contributed by atoms with van der Waals surface area (Å²) in [6, 6.07) is 6.24. The number of alkyl halides is 2. The predicted octanol–water partition coefficient (Wildman–Crippen LogP) is 2.60. The Hall–Kier alpha value is -2.64. The molecule has 1 saturated heterocycles. The van der Waals surface area contributed by atoms with Crippen molar-refractivity contribution in [3.63, 3.8) is 0 Å². The van der Waals surface area contributed by atoms with E-state index in [1.807, 2.05) is 0 Å². The number of nitrogens with zero attached hydrogens (tertiary/aromatic N) is 2. The summed E-state index contributed by atoms with van der Waals surface area (Å²) in [4.78, 5) is 27.0. The van der Waals surface area contributed by atoms with Crippen molar-refractivity contribution in [2.24, 2.45) is 0 Å². The molecule has 1 aliphatic heterocycles. The van der Waals surface area contributed by atoms with Gasteiger partial charge in [-0.3, -0.25) is 4.79 Å². The van der Waals surface area contributed by atoms with E-state index in [0.29, 0.717) is 38.3 Å². The van der Waals surface area contributed by atoms with Crippen LogP contribution < -0.4 is 4.74 Å². The molecule has 1 aromatic carbocycles. The van der Waals surface area contributed by atoms with Gasteiger partial charge in [-0.2, -0.15) is 8.78 Å². The maximum absolute atomic E-state index is 12.4. The second-order valence-electron chi connectivity index (χ2n) is 5.26. The van der Waals surface area contributed by atoms with Crippen molar-refractivity contribution in [1.29, 1.82) is 0 Å². The van der Waals surface area contributed by atoms with Crippen molar-refractivity contribution >= 4 is 18.1 Å². The molecule has 0 spiro atoms. The van der Waals surface area contributed by atoms with Gasteiger partial charge in [0.15, 0.2) is 0 Å². The summed E-state index contributed by atoms with van der Waals surface area (Å²) in [5.74, 6) is -0.246. The Bertz CT molecular complexity index is 629. The Morgan fingerprint density at radius 1 is 1.16 bits per heavy atom. The Balaban J connectivity index is 1.93. The summed E-state index contributed by atoms with van der Waals surface area (Å²) < 4.78 is 34.1. The lowest BCUT2D eigenvalue weighted by Gasteiger charge is -2.33. The largest absolute Gasteiger partial charge is 0.450 e. The molecule has 0 N–H and O–H groups in total. The molecule has 0 aromatic heterocycles. The lowest BCUT2D eigenvalue weighted by atomic mass is 10.2. The van der Waals surface area contributed by atoms with E-state index in [1.165, 1.54) is 18.2 Å². The van der Waals surface area contributed by atoms with Crippen molar-refractivity contribution in [3.05, 3.63) is 35.9 Å². The van der Waals surface area contributed by atoms with Crippen molar-refractivity contribution in [1.82, 2.24) is 9.80 Å². The molecular weight excluding hydrogens is 334 g/mol. The fourth-order valence-corrected chi connectivity index (χ4v) is 2.41. The van der Waals surface area contributed by atoms with Crippen LogP contribution in [0.3, 0.4) is 0 Å². The first-order valence-corrected chi connectivity index (χ1v) is 7.93. The molecular formula is C17H20F2N2O4. The number of amides is 2. The van der Waals surface area contributed by atoms with E-state index in [4.69, 9.17) is 4.74 Å². The molecule has 1 fully saturated rings. The fourth-order valence-electron chi connectivity index (χ4n) is 2.41. The highest BCUT2D eigenvalue weighted by molar-refractivity contribution is 5.92. The SMILES string of the molecule is CCOC(=O)N1CCN(C(=O)/C=C/c2ccccc2OC(F)F)CC1. The van der Waals surface area contributed by atoms with Gasteiger partial charge in [0.1, 0.15) is 5.75 Å². The second kappa shape index (κ2) is 9.00. The van der Waals surface area contributed by atoms with Crippen molar-refractivity contribution in [2.75, 3.05) is 32.8 Å². The van der Waals surface area contributed by atoms with Gasteiger partial charge in [0.05, 0.1) is 6.61 Å². The van der Waals surface area contributed by atoms with Gasteiger partial charge < -0.3 is 19.3 Å². The molecule has 6 nitrogen and oxygen atoms in total. The molecule has 2 rings (SSSR count). The number of para-hydroxylation sites is 1. The lowest BCUT2D eigenvalue weighted by Crippen LogP contribution is -2.50. The van der Waals surface area contributed by atoms with Crippen LogP contribution in [-0.4, -0.2) is 61.2 Å². The number of halogens is 2. The Kier molecular flexibility index (Phi) is 6.73. The molecule has 0 atom stereocenters. The quantitative estimate of drug-likeness (QED) is 0.763. The van der Waals surface area contributed by atoms with Gasteiger partial charge in [-0.05, 0) is 19.1 Å². The van der Waals surface area contributed by atoms with Crippen molar-refractivity contribution < 1.29 is 27.8 Å². The first-order chi connectivity index (χ1) is 12.0. The van der Waals surface area contributed by atoms with Gasteiger partial charge in [0.25, 0.3) is 0 Å². The van der Waals surface area contributed by atoms with Crippen LogP contribution in [0.4, 0.5) is 13.6 Å². The maximum atomic E-state index is 12.4. The van der Waals surface area contributed by atoms with Crippen LogP contribution >= 0.6 is 0 Å². The Morgan fingerprint density at radius 3 is 2.44 bits per heavy atom. The predicted molar refractivity (Wildman–Crippen MR) is 87.3 cm³/mol. The molecule has 0 saturated carbocycles. The van der Waals surface area contributed by atoms with Crippen LogP contribution in [0.5, 0.6) is 5.75 Å². The average molecular weight is 354 g/mol. The van der Waals surface area contributed by atoms with Crippen LogP contribution in [-0.2, 0) is 9.53 Å². The van der Waals surface area contributed by atoms with Crippen LogP contribution in [0.15, 0.2) is 30.3 Å². The van der Waals surface area contributed by atoms with E-state index in [0.717, 1.165) is 0 Å². The number of hydrogen-bond donors (Lipinski definition) is 0. The minimum absolute atomic E-state index is 0.00804. The molecule has 0 bridgehead atoms. The van der Waals surface area contributed by atoms with E-state index in [1.54, 1.807) is 34.9 Å². The summed E-state index contributed by atoms with van der Waals surface area (Å²) in [6.45, 7) is 0.668. The Morgan fingerprint density at radius 2 is 1.80 bits per heavy atom. The molecule has 25 heavy (non-hydrogen) atoms.